The molecule has 2 amide bonds. The number of hydrogen-bond acceptors (Lipinski definition) is 4. The molecule has 1 fully saturated rings. The highest BCUT2D eigenvalue weighted by molar-refractivity contribution is 8.04. The molecular weight excluding hydrogens is 271 g/mol. The largest absolute Gasteiger partial charge is 0.405 e. The molecule has 9 heteroatoms. The van der Waals surface area contributed by atoms with E-state index >= 15 is 0 Å². The zero-order valence-corrected chi connectivity index (χ0v) is 10.3. The van der Waals surface area contributed by atoms with Gasteiger partial charge in [-0.15, -0.1) is 0 Å². The number of nitrogens with two attached hydrogens (primary N) is 1. The zero-order valence-electron chi connectivity index (χ0n) is 9.50. The van der Waals surface area contributed by atoms with Crippen LogP contribution in [-0.2, 0) is 9.59 Å². The van der Waals surface area contributed by atoms with Gasteiger partial charge >= 0.3 is 6.18 Å². The molecule has 102 valence electrons. The van der Waals surface area contributed by atoms with Crippen LogP contribution in [-0.4, -0.2) is 41.7 Å². The number of alkyl halides is 3. The molecule has 0 unspecified atom stereocenters. The Hall–Kier alpha value is -1.38. The number of carbonyl (C=O) groups is 2. The number of rotatable bonds is 3. The van der Waals surface area contributed by atoms with E-state index in [-0.39, 0.29) is 22.4 Å². The average Bonchev–Trinajstić information content (AvgIpc) is 2.65. The number of halogens is 3. The molecular formula is C9H12F3N3O2S. The smallest absolute Gasteiger partial charge is 0.392 e. The van der Waals surface area contributed by atoms with Gasteiger partial charge < -0.3 is 16.0 Å². The fourth-order valence-corrected chi connectivity index (χ4v) is 2.37. The Balaban J connectivity index is 2.76. The zero-order chi connectivity index (χ0) is 13.9. The summed E-state index contributed by atoms with van der Waals surface area (Å²) in [6.45, 7) is 0.545. The number of amides is 2. The fraction of sp³-hybridized carbons (Fsp3) is 0.556. The number of hydrogen-bond donors (Lipinski definition) is 2. The third-order valence-electron chi connectivity index (χ3n) is 2.12. The molecule has 0 bridgehead atoms. The lowest BCUT2D eigenvalue weighted by Gasteiger charge is -2.16. The molecule has 1 heterocycles. The summed E-state index contributed by atoms with van der Waals surface area (Å²) in [6, 6.07) is 0. The van der Waals surface area contributed by atoms with Crippen LogP contribution in [0.25, 0.3) is 0 Å². The Morgan fingerprint density at radius 1 is 1.56 bits per heavy atom. The van der Waals surface area contributed by atoms with Gasteiger partial charge in [0.05, 0.1) is 5.75 Å². The van der Waals surface area contributed by atoms with Crippen LogP contribution in [0.5, 0.6) is 0 Å². The van der Waals surface area contributed by atoms with Gasteiger partial charge in [-0.2, -0.15) is 13.2 Å². The van der Waals surface area contributed by atoms with Crippen molar-refractivity contribution >= 4 is 23.6 Å². The summed E-state index contributed by atoms with van der Waals surface area (Å²) in [5.74, 6) is -1.11. The highest BCUT2D eigenvalue weighted by atomic mass is 32.2. The monoisotopic (exact) mass is 283 g/mol. The summed E-state index contributed by atoms with van der Waals surface area (Å²) < 4.78 is 35.8. The van der Waals surface area contributed by atoms with Crippen molar-refractivity contribution in [1.82, 2.24) is 10.2 Å². The molecule has 0 saturated carbocycles. The second-order valence-electron chi connectivity index (χ2n) is 3.44. The van der Waals surface area contributed by atoms with E-state index in [1.807, 2.05) is 0 Å². The highest BCUT2D eigenvalue weighted by Gasteiger charge is 2.31. The van der Waals surface area contributed by atoms with Crippen molar-refractivity contribution in [2.24, 2.45) is 5.73 Å². The Morgan fingerprint density at radius 3 is 2.67 bits per heavy atom. The van der Waals surface area contributed by atoms with E-state index in [0.29, 0.717) is 6.54 Å². The third kappa shape index (κ3) is 3.56. The van der Waals surface area contributed by atoms with E-state index in [2.05, 4.69) is 0 Å². The molecule has 0 atom stereocenters. The first-order valence-electron chi connectivity index (χ1n) is 5.04. The number of nitrogens with one attached hydrogen (secondary N) is 1. The quantitative estimate of drug-likeness (QED) is 0.735. The lowest BCUT2D eigenvalue weighted by molar-refractivity contribution is -0.136. The average molecular weight is 283 g/mol. The Bertz CT molecular complexity index is 395. The maximum Gasteiger partial charge on any atom is 0.405 e. The van der Waals surface area contributed by atoms with Gasteiger partial charge in [0.15, 0.2) is 0 Å². The van der Waals surface area contributed by atoms with Crippen molar-refractivity contribution < 1.29 is 22.8 Å². The van der Waals surface area contributed by atoms with E-state index in [4.69, 9.17) is 5.73 Å². The number of thioether (sulfide) groups is 1. The molecule has 0 radical (unpaired) electrons. The first-order chi connectivity index (χ1) is 8.26. The minimum absolute atomic E-state index is 0.135. The molecule has 0 aromatic rings. The second-order valence-corrected chi connectivity index (χ2v) is 4.41. The summed E-state index contributed by atoms with van der Waals surface area (Å²) in [5, 5.41) is 1.87. The molecule has 1 rings (SSSR count). The molecule has 18 heavy (non-hydrogen) atoms. The summed E-state index contributed by atoms with van der Waals surface area (Å²) in [5.41, 5.74) is 5.10. The summed E-state index contributed by atoms with van der Waals surface area (Å²) >= 11 is 1.04. The van der Waals surface area contributed by atoms with E-state index in [1.165, 1.54) is 4.90 Å². The van der Waals surface area contributed by atoms with Gasteiger partial charge in [-0.1, -0.05) is 11.8 Å². The lowest BCUT2D eigenvalue weighted by atomic mass is 10.4. The molecule has 0 spiro atoms. The van der Waals surface area contributed by atoms with Crippen LogP contribution in [0.2, 0.25) is 0 Å². The van der Waals surface area contributed by atoms with Crippen LogP contribution < -0.4 is 11.1 Å². The van der Waals surface area contributed by atoms with Crippen LogP contribution in [0.4, 0.5) is 13.2 Å². The Morgan fingerprint density at radius 2 is 2.17 bits per heavy atom. The Labute approximate surface area is 106 Å². The van der Waals surface area contributed by atoms with Gasteiger partial charge in [0.25, 0.3) is 5.91 Å². The van der Waals surface area contributed by atoms with Gasteiger partial charge in [0.2, 0.25) is 5.91 Å². The first kappa shape index (κ1) is 14.7. The van der Waals surface area contributed by atoms with Crippen molar-refractivity contribution in [1.29, 1.82) is 0 Å². The normalized spacial score (nSPS) is 19.1. The van der Waals surface area contributed by atoms with Crippen molar-refractivity contribution in [3.05, 3.63) is 10.7 Å². The molecule has 0 aromatic carbocycles. The Kier molecular flexibility index (Phi) is 4.49. The first-order valence-corrected chi connectivity index (χ1v) is 6.02. The molecule has 1 aliphatic rings. The lowest BCUT2D eigenvalue weighted by Crippen LogP contribution is -2.38. The van der Waals surface area contributed by atoms with Gasteiger partial charge in [-0.3, -0.25) is 9.59 Å². The fourth-order valence-electron chi connectivity index (χ4n) is 1.32. The van der Waals surface area contributed by atoms with Gasteiger partial charge in [-0.05, 0) is 6.92 Å². The predicted molar refractivity (Wildman–Crippen MR) is 60.1 cm³/mol. The predicted octanol–water partition coefficient (Wildman–Crippen LogP) is 0.388. The van der Waals surface area contributed by atoms with E-state index in [0.717, 1.165) is 11.8 Å². The minimum atomic E-state index is -4.50. The molecule has 1 saturated heterocycles. The van der Waals surface area contributed by atoms with Crippen LogP contribution in [0.3, 0.4) is 0 Å². The van der Waals surface area contributed by atoms with Gasteiger partial charge in [0.1, 0.15) is 17.3 Å². The highest BCUT2D eigenvalue weighted by Crippen LogP contribution is 2.29. The van der Waals surface area contributed by atoms with Crippen LogP contribution in [0.1, 0.15) is 6.92 Å². The molecule has 1 aliphatic heterocycles. The summed E-state index contributed by atoms with van der Waals surface area (Å²) in [7, 11) is 0. The number of carbonyl (C=O) groups excluding carboxylic acids is 2. The minimum Gasteiger partial charge on any atom is -0.392 e. The van der Waals surface area contributed by atoms with Crippen molar-refractivity contribution in [2.75, 3.05) is 18.8 Å². The van der Waals surface area contributed by atoms with Crippen LogP contribution in [0, 0.1) is 0 Å². The van der Waals surface area contributed by atoms with E-state index in [1.54, 1.807) is 12.2 Å². The third-order valence-corrected chi connectivity index (χ3v) is 3.22. The topological polar surface area (TPSA) is 75.4 Å². The maximum absolute atomic E-state index is 11.9. The summed E-state index contributed by atoms with van der Waals surface area (Å²) in [4.78, 5) is 24.0. The van der Waals surface area contributed by atoms with E-state index < -0.39 is 18.6 Å². The van der Waals surface area contributed by atoms with Crippen molar-refractivity contribution in [3.63, 3.8) is 0 Å². The maximum atomic E-state index is 11.9. The second kappa shape index (κ2) is 5.51. The molecule has 3 N–H and O–H groups in total. The van der Waals surface area contributed by atoms with E-state index in [9.17, 15) is 22.8 Å². The van der Waals surface area contributed by atoms with Crippen molar-refractivity contribution in [3.8, 4) is 0 Å². The molecule has 0 aliphatic carbocycles. The van der Waals surface area contributed by atoms with Gasteiger partial charge in [0, 0.05) is 6.54 Å². The standard InChI is InChI=1S/C9H12F3N3O2S/c1-2-15-5(16)3-18-8(15)6(13)7(17)14-4-9(10,11)12/h2-4,13H2,1H3,(H,14,17)/b8-6+. The molecule has 5 nitrogen and oxygen atoms in total. The van der Waals surface area contributed by atoms with Crippen LogP contribution in [0.15, 0.2) is 10.7 Å². The van der Waals surface area contributed by atoms with Crippen molar-refractivity contribution in [2.45, 2.75) is 13.1 Å². The van der Waals surface area contributed by atoms with Crippen LogP contribution >= 0.6 is 11.8 Å². The molecule has 0 aromatic heterocycles. The summed E-state index contributed by atoms with van der Waals surface area (Å²) in [6.07, 6.45) is -4.50. The SMILES string of the molecule is CCN1C(=O)CS/C1=C(/N)C(=O)NCC(F)(F)F. The number of nitrogens with zero attached hydrogens (tertiary/aromatic N) is 1. The van der Waals surface area contributed by atoms with Gasteiger partial charge in [-0.25, -0.2) is 0 Å².